The Morgan fingerprint density at radius 1 is 1.83 bits per heavy atom. The minimum atomic E-state index is 0.0724. The Labute approximate surface area is 80.4 Å². The van der Waals surface area contributed by atoms with Crippen LogP contribution in [0.2, 0.25) is 4.47 Å². The molecule has 0 saturated heterocycles. The molecule has 0 aliphatic carbocycles. The quantitative estimate of drug-likeness (QED) is 0.792. The van der Waals surface area contributed by atoms with Crippen molar-refractivity contribution in [3.05, 3.63) is 9.85 Å². The van der Waals surface area contributed by atoms with E-state index >= 15 is 0 Å². The van der Waals surface area contributed by atoms with Crippen molar-refractivity contribution in [1.29, 1.82) is 0 Å². The number of anilines is 1. The fourth-order valence-electron chi connectivity index (χ4n) is 0.804. The lowest BCUT2D eigenvalue weighted by Gasteiger charge is -2.12. The average Bonchev–Trinajstić information content (AvgIpc) is 2.47. The molecule has 0 fully saturated rings. The van der Waals surface area contributed by atoms with Gasteiger partial charge in [0.15, 0.2) is 4.47 Å². The normalized spacial score (nSPS) is 12.9. The smallest absolute Gasteiger partial charge is 0.185 e. The van der Waals surface area contributed by atoms with Crippen molar-refractivity contribution in [2.45, 2.75) is 19.4 Å². The van der Waals surface area contributed by atoms with Gasteiger partial charge in [-0.2, -0.15) is 0 Å². The minimum absolute atomic E-state index is 0.0724. The number of nitrogens with one attached hydrogen (secondary N) is 1. The predicted molar refractivity (Wildman–Crippen MR) is 51.9 cm³/mol. The molecule has 1 aromatic rings. The molecule has 1 aromatic heterocycles. The fourth-order valence-corrected chi connectivity index (χ4v) is 1.51. The molecule has 12 heavy (non-hydrogen) atoms. The second-order valence-corrected chi connectivity index (χ2v) is 3.86. The van der Waals surface area contributed by atoms with E-state index in [9.17, 15) is 0 Å². The topological polar surface area (TPSA) is 45.1 Å². The zero-order valence-corrected chi connectivity index (χ0v) is 8.32. The van der Waals surface area contributed by atoms with Gasteiger partial charge in [0, 0.05) is 5.38 Å². The number of aromatic nitrogens is 1. The first-order valence-corrected chi connectivity index (χ1v) is 5.00. The molecule has 0 radical (unpaired) electrons. The molecule has 0 unspecified atom stereocenters. The minimum Gasteiger partial charge on any atom is -0.394 e. The van der Waals surface area contributed by atoms with Gasteiger partial charge in [0.05, 0.1) is 12.6 Å². The Hall–Kier alpha value is -0.320. The third-order valence-electron chi connectivity index (χ3n) is 1.54. The molecule has 1 atom stereocenters. The Kier molecular flexibility index (Phi) is 3.78. The molecule has 1 rings (SSSR count). The molecule has 1 heterocycles. The van der Waals surface area contributed by atoms with Gasteiger partial charge in [-0.3, -0.25) is 0 Å². The first-order valence-electron chi connectivity index (χ1n) is 3.74. The van der Waals surface area contributed by atoms with Crippen molar-refractivity contribution in [3.63, 3.8) is 0 Å². The number of nitrogens with zero attached hydrogens (tertiary/aromatic N) is 1. The van der Waals surface area contributed by atoms with Gasteiger partial charge in [0.1, 0.15) is 5.82 Å². The standard InChI is InChI=1S/C7H11ClN2OS/c1-2-5(3-11)9-6-4-12-7(8)10-6/h4-5,9,11H,2-3H2,1H3/t5-/m1/s1. The van der Waals surface area contributed by atoms with Crippen LogP contribution in [0.4, 0.5) is 5.82 Å². The van der Waals surface area contributed by atoms with Crippen LogP contribution in [0.25, 0.3) is 0 Å². The van der Waals surface area contributed by atoms with Crippen LogP contribution in [0.1, 0.15) is 13.3 Å². The van der Waals surface area contributed by atoms with Crippen molar-refractivity contribution in [1.82, 2.24) is 4.98 Å². The number of hydrogen-bond acceptors (Lipinski definition) is 4. The van der Waals surface area contributed by atoms with Crippen LogP contribution in [0.15, 0.2) is 5.38 Å². The lowest BCUT2D eigenvalue weighted by molar-refractivity contribution is 0.271. The number of hydrogen-bond donors (Lipinski definition) is 2. The summed E-state index contributed by atoms with van der Waals surface area (Å²) in [6.07, 6.45) is 0.867. The van der Waals surface area contributed by atoms with E-state index in [0.717, 1.165) is 12.2 Å². The zero-order valence-electron chi connectivity index (χ0n) is 6.75. The number of halogens is 1. The zero-order chi connectivity index (χ0) is 8.97. The molecule has 0 aliphatic rings. The van der Waals surface area contributed by atoms with Gasteiger partial charge in [0.25, 0.3) is 0 Å². The third kappa shape index (κ3) is 2.62. The van der Waals surface area contributed by atoms with Gasteiger partial charge in [-0.05, 0) is 6.42 Å². The van der Waals surface area contributed by atoms with Gasteiger partial charge in [0.2, 0.25) is 0 Å². The molecule has 2 N–H and O–H groups in total. The average molecular weight is 207 g/mol. The molecule has 0 spiro atoms. The van der Waals surface area contributed by atoms with Gasteiger partial charge < -0.3 is 10.4 Å². The Bertz CT molecular complexity index is 237. The van der Waals surface area contributed by atoms with Gasteiger partial charge in [-0.25, -0.2) is 4.98 Å². The van der Waals surface area contributed by atoms with E-state index in [2.05, 4.69) is 10.3 Å². The Morgan fingerprint density at radius 2 is 2.58 bits per heavy atom. The predicted octanol–water partition coefficient (Wildman–Crippen LogP) is 1.98. The Morgan fingerprint density at radius 3 is 3.00 bits per heavy atom. The molecule has 3 nitrogen and oxygen atoms in total. The van der Waals surface area contributed by atoms with Crippen molar-refractivity contribution >= 4 is 28.8 Å². The molecule has 0 aromatic carbocycles. The fraction of sp³-hybridized carbons (Fsp3) is 0.571. The highest BCUT2D eigenvalue weighted by Crippen LogP contribution is 2.19. The summed E-state index contributed by atoms with van der Waals surface area (Å²) in [4.78, 5) is 4.01. The Balaban J connectivity index is 2.50. The van der Waals surface area contributed by atoms with Crippen LogP contribution in [0.5, 0.6) is 0 Å². The summed E-state index contributed by atoms with van der Waals surface area (Å²) in [6, 6.07) is 0.0724. The maximum atomic E-state index is 8.87. The van der Waals surface area contributed by atoms with Crippen LogP contribution in [0.3, 0.4) is 0 Å². The second-order valence-electron chi connectivity index (χ2n) is 2.42. The summed E-state index contributed by atoms with van der Waals surface area (Å²) >= 11 is 7.01. The first-order chi connectivity index (χ1) is 5.76. The molecule has 0 aliphatic heterocycles. The SMILES string of the molecule is CC[C@H](CO)Nc1csc(Cl)n1. The van der Waals surface area contributed by atoms with E-state index in [1.165, 1.54) is 11.3 Å². The lowest BCUT2D eigenvalue weighted by atomic mass is 10.2. The molecule has 0 saturated carbocycles. The molecule has 0 amide bonds. The van der Waals surface area contributed by atoms with Crippen molar-refractivity contribution in [3.8, 4) is 0 Å². The number of thiazole rings is 1. The maximum absolute atomic E-state index is 8.87. The second kappa shape index (κ2) is 4.64. The van der Waals surface area contributed by atoms with Crippen LogP contribution in [0, 0.1) is 0 Å². The molecule has 0 bridgehead atoms. The summed E-state index contributed by atoms with van der Waals surface area (Å²) < 4.78 is 0.519. The maximum Gasteiger partial charge on any atom is 0.185 e. The lowest BCUT2D eigenvalue weighted by Crippen LogP contribution is -2.22. The van der Waals surface area contributed by atoms with Crippen LogP contribution >= 0.6 is 22.9 Å². The third-order valence-corrected chi connectivity index (χ3v) is 2.52. The molecular formula is C7H11ClN2OS. The van der Waals surface area contributed by atoms with Crippen LogP contribution in [-0.4, -0.2) is 22.7 Å². The van der Waals surface area contributed by atoms with Crippen molar-refractivity contribution in [2.24, 2.45) is 0 Å². The summed E-state index contributed by atoms with van der Waals surface area (Å²) in [5.74, 6) is 0.742. The van der Waals surface area contributed by atoms with Crippen molar-refractivity contribution < 1.29 is 5.11 Å². The summed E-state index contributed by atoms with van der Waals surface area (Å²) in [7, 11) is 0. The first kappa shape index (κ1) is 9.77. The van der Waals surface area contributed by atoms with E-state index in [1.807, 2.05) is 12.3 Å². The van der Waals surface area contributed by atoms with Crippen molar-refractivity contribution in [2.75, 3.05) is 11.9 Å². The van der Waals surface area contributed by atoms with Crippen LogP contribution in [-0.2, 0) is 0 Å². The van der Waals surface area contributed by atoms with E-state index < -0.39 is 0 Å². The molecule has 68 valence electrons. The summed E-state index contributed by atoms with van der Waals surface area (Å²) in [6.45, 7) is 2.12. The molecule has 5 heteroatoms. The van der Waals surface area contributed by atoms with E-state index in [4.69, 9.17) is 16.7 Å². The van der Waals surface area contributed by atoms with E-state index in [-0.39, 0.29) is 12.6 Å². The highest BCUT2D eigenvalue weighted by molar-refractivity contribution is 7.14. The summed E-state index contributed by atoms with van der Waals surface area (Å²) in [5, 5.41) is 13.8. The van der Waals surface area contributed by atoms with E-state index in [1.54, 1.807) is 0 Å². The number of aliphatic hydroxyl groups is 1. The molecular weight excluding hydrogens is 196 g/mol. The highest BCUT2D eigenvalue weighted by atomic mass is 35.5. The van der Waals surface area contributed by atoms with Gasteiger partial charge >= 0.3 is 0 Å². The number of rotatable bonds is 4. The summed E-state index contributed by atoms with van der Waals surface area (Å²) in [5.41, 5.74) is 0. The highest BCUT2D eigenvalue weighted by Gasteiger charge is 2.05. The van der Waals surface area contributed by atoms with Gasteiger partial charge in [-0.15, -0.1) is 11.3 Å². The van der Waals surface area contributed by atoms with Gasteiger partial charge in [-0.1, -0.05) is 18.5 Å². The largest absolute Gasteiger partial charge is 0.394 e. The monoisotopic (exact) mass is 206 g/mol. The van der Waals surface area contributed by atoms with E-state index in [0.29, 0.717) is 4.47 Å². The van der Waals surface area contributed by atoms with Crippen LogP contribution < -0.4 is 5.32 Å². The number of aliphatic hydroxyl groups excluding tert-OH is 1.